The Morgan fingerprint density at radius 2 is 2.07 bits per heavy atom. The van der Waals surface area contributed by atoms with Gasteiger partial charge >= 0.3 is 11.9 Å². The Bertz CT molecular complexity index is 1010. The molecule has 0 unspecified atom stereocenters. The van der Waals surface area contributed by atoms with Crippen LogP contribution in [0.5, 0.6) is 0 Å². The molecule has 28 heavy (non-hydrogen) atoms. The molecule has 0 aliphatic carbocycles. The van der Waals surface area contributed by atoms with Gasteiger partial charge in [0.25, 0.3) is 5.91 Å². The summed E-state index contributed by atoms with van der Waals surface area (Å²) in [4.78, 5) is 40.6. The SMILES string of the molecule is C=CCOC(=O)c1ccc(/C=C2/C(=O)N3[C@@H](C(=O)O)C(C)(C)S(=O)(=O)[C@H]23)nc1. The summed E-state index contributed by atoms with van der Waals surface area (Å²) in [7, 11) is -3.95. The van der Waals surface area contributed by atoms with Crippen molar-refractivity contribution in [3.8, 4) is 0 Å². The minimum atomic E-state index is -3.95. The number of carboxylic acids is 1. The molecule has 2 aliphatic heterocycles. The lowest BCUT2D eigenvalue weighted by atomic mass is 9.95. The third-order valence-corrected chi connectivity index (χ3v) is 7.61. The summed E-state index contributed by atoms with van der Waals surface area (Å²) >= 11 is 0. The summed E-state index contributed by atoms with van der Waals surface area (Å²) in [6.07, 6.45) is 3.96. The summed E-state index contributed by atoms with van der Waals surface area (Å²) in [5.41, 5.74) is 0.396. The van der Waals surface area contributed by atoms with E-state index in [-0.39, 0.29) is 23.4 Å². The van der Waals surface area contributed by atoms with Gasteiger partial charge in [-0.3, -0.25) is 9.78 Å². The number of hydrogen-bond donors (Lipinski definition) is 1. The number of ether oxygens (including phenoxy) is 1. The number of β-lactam (4-membered cyclic amide) rings is 1. The Balaban J connectivity index is 1.91. The third kappa shape index (κ3) is 2.71. The van der Waals surface area contributed by atoms with E-state index < -0.39 is 43.8 Å². The van der Waals surface area contributed by atoms with Crippen LogP contribution in [-0.2, 0) is 24.2 Å². The Hall–Kier alpha value is -3.01. The summed E-state index contributed by atoms with van der Waals surface area (Å²) in [5, 5.41) is 8.08. The minimum Gasteiger partial charge on any atom is -0.480 e. The quantitative estimate of drug-likeness (QED) is 0.326. The molecule has 3 heterocycles. The third-order valence-electron chi connectivity index (χ3n) is 4.86. The maximum atomic E-state index is 12.8. The molecule has 0 spiro atoms. The summed E-state index contributed by atoms with van der Waals surface area (Å²) in [5.74, 6) is -2.63. The van der Waals surface area contributed by atoms with E-state index in [4.69, 9.17) is 4.74 Å². The Kier molecular flexibility index (Phi) is 4.62. The van der Waals surface area contributed by atoms with Gasteiger partial charge in [-0.1, -0.05) is 12.7 Å². The van der Waals surface area contributed by atoms with Gasteiger partial charge in [-0.15, -0.1) is 0 Å². The van der Waals surface area contributed by atoms with Crippen LogP contribution in [-0.4, -0.2) is 64.0 Å². The van der Waals surface area contributed by atoms with E-state index in [0.717, 1.165) is 4.90 Å². The first-order valence-corrected chi connectivity index (χ1v) is 9.83. The molecule has 1 N–H and O–H groups in total. The first-order valence-electron chi connectivity index (χ1n) is 8.28. The zero-order valence-corrected chi connectivity index (χ0v) is 16.0. The second-order valence-electron chi connectivity index (χ2n) is 6.91. The topological polar surface area (TPSA) is 131 Å². The number of esters is 1. The van der Waals surface area contributed by atoms with Crippen molar-refractivity contribution in [3.05, 3.63) is 47.8 Å². The van der Waals surface area contributed by atoms with Crippen LogP contribution in [0.4, 0.5) is 0 Å². The lowest BCUT2D eigenvalue weighted by Gasteiger charge is -2.37. The van der Waals surface area contributed by atoms with Gasteiger partial charge in [-0.25, -0.2) is 18.0 Å². The van der Waals surface area contributed by atoms with E-state index in [2.05, 4.69) is 11.6 Å². The zero-order valence-electron chi connectivity index (χ0n) is 15.2. The predicted octanol–water partition coefficient (Wildman–Crippen LogP) is 0.636. The molecule has 2 fully saturated rings. The van der Waals surface area contributed by atoms with E-state index in [1.165, 1.54) is 44.3 Å². The van der Waals surface area contributed by atoms with E-state index in [1.807, 2.05) is 0 Å². The molecule has 2 aliphatic rings. The zero-order chi connectivity index (χ0) is 20.9. The standard InChI is InChI=1S/C18H18N2O7S/c1-4-7-27-17(24)10-5-6-11(19-9-10)8-12-14(21)20-13(16(22)23)18(2,3)28(25,26)15(12)20/h4-6,8-9,13,15H,1,7H2,2-3H3,(H,22,23)/b12-8-/t13-,15+/m0/s1. The Labute approximate surface area is 161 Å². The number of aromatic nitrogens is 1. The first kappa shape index (κ1) is 19.7. The van der Waals surface area contributed by atoms with Gasteiger partial charge in [-0.2, -0.15) is 0 Å². The highest BCUT2D eigenvalue weighted by molar-refractivity contribution is 7.94. The number of fused-ring (bicyclic) bond motifs is 1. The molecule has 0 saturated carbocycles. The van der Waals surface area contributed by atoms with Crippen molar-refractivity contribution >= 4 is 33.8 Å². The molecule has 2 saturated heterocycles. The van der Waals surface area contributed by atoms with Crippen molar-refractivity contribution in [2.75, 3.05) is 6.61 Å². The number of nitrogens with zero attached hydrogens (tertiary/aromatic N) is 2. The molecule has 9 nitrogen and oxygen atoms in total. The minimum absolute atomic E-state index is 0.0497. The van der Waals surface area contributed by atoms with Crippen LogP contribution in [0.1, 0.15) is 29.9 Å². The van der Waals surface area contributed by atoms with Crippen molar-refractivity contribution in [1.29, 1.82) is 0 Å². The highest BCUT2D eigenvalue weighted by Crippen LogP contribution is 2.48. The molecular weight excluding hydrogens is 388 g/mol. The van der Waals surface area contributed by atoms with Gasteiger partial charge in [0.2, 0.25) is 0 Å². The van der Waals surface area contributed by atoms with E-state index in [9.17, 15) is 27.9 Å². The van der Waals surface area contributed by atoms with Gasteiger partial charge in [0.1, 0.15) is 11.4 Å². The molecular formula is C18H18N2O7S. The number of carbonyl (C=O) groups is 3. The second-order valence-corrected chi connectivity index (χ2v) is 9.50. The summed E-state index contributed by atoms with van der Waals surface area (Å²) in [6, 6.07) is 1.41. The number of pyridine rings is 1. The number of carbonyl (C=O) groups excluding carboxylic acids is 2. The van der Waals surface area contributed by atoms with Crippen molar-refractivity contribution in [2.24, 2.45) is 0 Å². The van der Waals surface area contributed by atoms with Gasteiger partial charge < -0.3 is 14.7 Å². The fourth-order valence-electron chi connectivity index (χ4n) is 3.33. The smallest absolute Gasteiger partial charge is 0.340 e. The molecule has 148 valence electrons. The van der Waals surface area contributed by atoms with Gasteiger partial charge in [0.05, 0.1) is 16.8 Å². The number of aliphatic carboxylic acids is 1. The second kappa shape index (κ2) is 6.55. The first-order chi connectivity index (χ1) is 13.0. The number of sulfone groups is 1. The fourth-order valence-corrected chi connectivity index (χ4v) is 5.45. The number of carboxylic acid groups (broad SMARTS) is 1. The number of amides is 1. The van der Waals surface area contributed by atoms with E-state index in [1.54, 1.807) is 0 Å². The molecule has 2 atom stereocenters. The lowest BCUT2D eigenvalue weighted by Crippen LogP contribution is -2.58. The fraction of sp³-hybridized carbons (Fsp3) is 0.333. The van der Waals surface area contributed by atoms with Crippen LogP contribution in [0, 0.1) is 0 Å². The Morgan fingerprint density at radius 1 is 1.39 bits per heavy atom. The molecule has 3 rings (SSSR count). The van der Waals surface area contributed by atoms with Gasteiger partial charge in [0, 0.05) is 6.20 Å². The van der Waals surface area contributed by atoms with Crippen LogP contribution in [0.25, 0.3) is 6.08 Å². The highest BCUT2D eigenvalue weighted by atomic mass is 32.2. The lowest BCUT2D eigenvalue weighted by molar-refractivity contribution is -0.152. The maximum absolute atomic E-state index is 12.8. The molecule has 1 aromatic rings. The molecule has 0 radical (unpaired) electrons. The molecule has 10 heteroatoms. The monoisotopic (exact) mass is 406 g/mol. The molecule has 0 bridgehead atoms. The highest BCUT2D eigenvalue weighted by Gasteiger charge is 2.70. The number of hydrogen-bond acceptors (Lipinski definition) is 7. The predicted molar refractivity (Wildman–Crippen MR) is 97.8 cm³/mol. The van der Waals surface area contributed by atoms with Crippen molar-refractivity contribution in [1.82, 2.24) is 9.88 Å². The molecule has 1 aromatic heterocycles. The van der Waals surface area contributed by atoms with Crippen LogP contribution in [0.15, 0.2) is 36.6 Å². The normalized spacial score (nSPS) is 25.7. The van der Waals surface area contributed by atoms with Crippen LogP contribution >= 0.6 is 0 Å². The average molecular weight is 406 g/mol. The molecule has 0 aromatic carbocycles. The maximum Gasteiger partial charge on any atom is 0.340 e. The van der Waals surface area contributed by atoms with Crippen LogP contribution in [0.2, 0.25) is 0 Å². The Morgan fingerprint density at radius 3 is 2.61 bits per heavy atom. The van der Waals surface area contributed by atoms with Crippen molar-refractivity contribution < 1.29 is 32.6 Å². The van der Waals surface area contributed by atoms with Crippen LogP contribution < -0.4 is 0 Å². The van der Waals surface area contributed by atoms with E-state index in [0.29, 0.717) is 0 Å². The summed E-state index contributed by atoms with van der Waals surface area (Å²) < 4.78 is 28.8. The molecule has 1 amide bonds. The number of rotatable bonds is 5. The largest absolute Gasteiger partial charge is 0.480 e. The average Bonchev–Trinajstić information content (AvgIpc) is 2.78. The summed E-state index contributed by atoms with van der Waals surface area (Å²) in [6.45, 7) is 6.08. The van der Waals surface area contributed by atoms with E-state index >= 15 is 0 Å². The van der Waals surface area contributed by atoms with Crippen molar-refractivity contribution in [3.63, 3.8) is 0 Å². The van der Waals surface area contributed by atoms with Crippen molar-refractivity contribution in [2.45, 2.75) is 30.0 Å². The van der Waals surface area contributed by atoms with Crippen LogP contribution in [0.3, 0.4) is 0 Å². The van der Waals surface area contributed by atoms with Gasteiger partial charge in [-0.05, 0) is 32.1 Å². The van der Waals surface area contributed by atoms with Gasteiger partial charge in [0.15, 0.2) is 21.3 Å².